The second kappa shape index (κ2) is 6.08. The minimum absolute atomic E-state index is 0.0695. The fraction of sp³-hybridized carbons (Fsp3) is 0.727. The van der Waals surface area contributed by atoms with Crippen LogP contribution in [0.3, 0.4) is 0 Å². The summed E-state index contributed by atoms with van der Waals surface area (Å²) in [7, 11) is -0.894. The van der Waals surface area contributed by atoms with Gasteiger partial charge in [-0.1, -0.05) is 0 Å². The average molecular weight is 317 g/mol. The van der Waals surface area contributed by atoms with E-state index in [1.807, 2.05) is 4.57 Å². The van der Waals surface area contributed by atoms with Crippen molar-refractivity contribution in [1.82, 2.24) is 23.4 Å². The summed E-state index contributed by atoms with van der Waals surface area (Å²) in [5.74, 6) is 0.463. The topological polar surface area (TPSA) is 109 Å². The van der Waals surface area contributed by atoms with E-state index in [1.165, 1.54) is 14.1 Å². The van der Waals surface area contributed by atoms with Crippen LogP contribution in [0.5, 0.6) is 0 Å². The largest absolute Gasteiger partial charge is 0.481 e. The van der Waals surface area contributed by atoms with Crippen molar-refractivity contribution in [2.75, 3.05) is 20.6 Å². The van der Waals surface area contributed by atoms with Crippen molar-refractivity contribution >= 4 is 16.2 Å². The summed E-state index contributed by atoms with van der Waals surface area (Å²) in [5.41, 5.74) is 0. The molecule has 9 nitrogen and oxygen atoms in total. The van der Waals surface area contributed by atoms with E-state index >= 15 is 0 Å². The zero-order valence-corrected chi connectivity index (χ0v) is 12.9. The standard InChI is InChI=1S/C11H19N5O4S/c1-14(7-5-11(17)18)21(19,20)15(2)8-10-13-12-9-4-3-6-16(9)10/h3-8H2,1-2H3,(H,17,18). The van der Waals surface area contributed by atoms with E-state index in [4.69, 9.17) is 5.11 Å². The van der Waals surface area contributed by atoms with Gasteiger partial charge in [-0.25, -0.2) is 0 Å². The molecule has 2 heterocycles. The van der Waals surface area contributed by atoms with Crippen molar-refractivity contribution in [3.63, 3.8) is 0 Å². The Kier molecular flexibility index (Phi) is 4.59. The van der Waals surface area contributed by atoms with Gasteiger partial charge in [-0.2, -0.15) is 17.0 Å². The van der Waals surface area contributed by atoms with Crippen LogP contribution in [0, 0.1) is 0 Å². The summed E-state index contributed by atoms with van der Waals surface area (Å²) in [6.07, 6.45) is 1.62. The fourth-order valence-corrected chi connectivity index (χ4v) is 3.29. The van der Waals surface area contributed by atoms with Crippen LogP contribution in [0.2, 0.25) is 0 Å². The third kappa shape index (κ3) is 3.39. The second-order valence-corrected chi connectivity index (χ2v) is 7.16. The molecule has 0 aliphatic carbocycles. The quantitative estimate of drug-likeness (QED) is 0.713. The lowest BCUT2D eigenvalue weighted by molar-refractivity contribution is -0.137. The number of carbonyl (C=O) groups is 1. The lowest BCUT2D eigenvalue weighted by atomic mass is 10.4. The Bertz CT molecular complexity index is 627. The molecule has 0 unspecified atom stereocenters. The Morgan fingerprint density at radius 3 is 2.71 bits per heavy atom. The molecule has 0 radical (unpaired) electrons. The maximum absolute atomic E-state index is 12.3. The normalized spacial score (nSPS) is 14.9. The number of hydrogen-bond acceptors (Lipinski definition) is 5. The Labute approximate surface area is 123 Å². The molecule has 118 valence electrons. The predicted octanol–water partition coefficient (Wildman–Crippen LogP) is -0.693. The monoisotopic (exact) mass is 317 g/mol. The first-order chi connectivity index (χ1) is 9.82. The van der Waals surface area contributed by atoms with Gasteiger partial charge in [0.05, 0.1) is 13.0 Å². The van der Waals surface area contributed by atoms with Gasteiger partial charge in [-0.3, -0.25) is 4.79 Å². The minimum Gasteiger partial charge on any atom is -0.481 e. The van der Waals surface area contributed by atoms with Gasteiger partial charge in [0.1, 0.15) is 11.6 Å². The molecule has 0 saturated heterocycles. The van der Waals surface area contributed by atoms with Crippen LogP contribution in [-0.2, 0) is 34.5 Å². The average Bonchev–Trinajstić information content (AvgIpc) is 3.00. The molecule has 1 aromatic rings. The van der Waals surface area contributed by atoms with Gasteiger partial charge < -0.3 is 9.67 Å². The Morgan fingerprint density at radius 1 is 1.33 bits per heavy atom. The lowest BCUT2D eigenvalue weighted by Gasteiger charge is -2.23. The highest BCUT2D eigenvalue weighted by Gasteiger charge is 2.27. The van der Waals surface area contributed by atoms with Crippen LogP contribution >= 0.6 is 0 Å². The van der Waals surface area contributed by atoms with E-state index in [1.54, 1.807) is 0 Å². The summed E-state index contributed by atoms with van der Waals surface area (Å²) in [4.78, 5) is 10.5. The van der Waals surface area contributed by atoms with Crippen LogP contribution in [0.1, 0.15) is 24.5 Å². The van der Waals surface area contributed by atoms with Gasteiger partial charge in [0.2, 0.25) is 0 Å². The number of carboxylic acid groups (broad SMARTS) is 1. The van der Waals surface area contributed by atoms with Crippen molar-refractivity contribution in [2.45, 2.75) is 32.4 Å². The van der Waals surface area contributed by atoms with E-state index < -0.39 is 16.2 Å². The van der Waals surface area contributed by atoms with Gasteiger partial charge >= 0.3 is 5.97 Å². The molecule has 0 saturated carbocycles. The first kappa shape index (κ1) is 15.9. The van der Waals surface area contributed by atoms with Crippen LogP contribution < -0.4 is 0 Å². The van der Waals surface area contributed by atoms with Crippen molar-refractivity contribution in [3.8, 4) is 0 Å². The Balaban J connectivity index is 2.04. The van der Waals surface area contributed by atoms with Crippen LogP contribution in [0.25, 0.3) is 0 Å². The van der Waals surface area contributed by atoms with E-state index in [9.17, 15) is 13.2 Å². The number of fused-ring (bicyclic) bond motifs is 1. The zero-order valence-electron chi connectivity index (χ0n) is 12.1. The molecular formula is C11H19N5O4S. The third-order valence-electron chi connectivity index (χ3n) is 3.48. The molecule has 1 aromatic heterocycles. The molecule has 0 bridgehead atoms. The van der Waals surface area contributed by atoms with Crippen molar-refractivity contribution in [1.29, 1.82) is 0 Å². The van der Waals surface area contributed by atoms with Crippen LogP contribution in [-0.4, -0.2) is 63.5 Å². The van der Waals surface area contributed by atoms with Crippen molar-refractivity contribution in [2.24, 2.45) is 0 Å². The van der Waals surface area contributed by atoms with Gasteiger partial charge in [-0.15, -0.1) is 10.2 Å². The highest BCUT2D eigenvalue weighted by Crippen LogP contribution is 2.16. The molecule has 1 N–H and O–H groups in total. The summed E-state index contributed by atoms with van der Waals surface area (Å²) in [5, 5.41) is 16.7. The molecule has 1 aliphatic rings. The molecule has 0 atom stereocenters. The van der Waals surface area contributed by atoms with Crippen LogP contribution in [0.15, 0.2) is 0 Å². The van der Waals surface area contributed by atoms with E-state index in [0.29, 0.717) is 5.82 Å². The lowest BCUT2D eigenvalue weighted by Crippen LogP contribution is -2.40. The summed E-state index contributed by atoms with van der Waals surface area (Å²) in [6, 6.07) is 0. The van der Waals surface area contributed by atoms with Gasteiger partial charge in [0, 0.05) is 33.6 Å². The van der Waals surface area contributed by atoms with Gasteiger partial charge in [-0.05, 0) is 6.42 Å². The van der Waals surface area contributed by atoms with E-state index in [0.717, 1.165) is 33.8 Å². The molecule has 0 amide bonds. The smallest absolute Gasteiger partial charge is 0.304 e. The highest BCUT2D eigenvalue weighted by molar-refractivity contribution is 7.86. The molecule has 21 heavy (non-hydrogen) atoms. The van der Waals surface area contributed by atoms with Crippen LogP contribution in [0.4, 0.5) is 0 Å². The molecule has 0 aromatic carbocycles. The molecule has 2 rings (SSSR count). The van der Waals surface area contributed by atoms with Gasteiger partial charge in [0.25, 0.3) is 10.2 Å². The first-order valence-corrected chi connectivity index (χ1v) is 8.02. The Morgan fingerprint density at radius 2 is 2.05 bits per heavy atom. The molecular weight excluding hydrogens is 298 g/mol. The Hall–Kier alpha value is -1.52. The summed E-state index contributed by atoms with van der Waals surface area (Å²) in [6.45, 7) is 0.854. The highest BCUT2D eigenvalue weighted by atomic mass is 32.2. The molecule has 1 aliphatic heterocycles. The molecule has 0 spiro atoms. The number of rotatable bonds is 7. The number of nitrogens with zero attached hydrogens (tertiary/aromatic N) is 5. The predicted molar refractivity (Wildman–Crippen MR) is 73.6 cm³/mol. The van der Waals surface area contributed by atoms with Crippen molar-refractivity contribution < 1.29 is 18.3 Å². The number of aryl methyl sites for hydroxylation is 1. The second-order valence-electron chi connectivity index (χ2n) is 5.02. The zero-order chi connectivity index (χ0) is 15.6. The third-order valence-corrected chi connectivity index (χ3v) is 5.37. The SMILES string of the molecule is CN(CCC(=O)O)S(=O)(=O)N(C)Cc1nnc2n1CCC2. The molecule has 10 heteroatoms. The van der Waals surface area contributed by atoms with Crippen molar-refractivity contribution in [3.05, 3.63) is 11.6 Å². The van der Waals surface area contributed by atoms with E-state index in [2.05, 4.69) is 10.2 Å². The first-order valence-electron chi connectivity index (χ1n) is 6.62. The summed E-state index contributed by atoms with van der Waals surface area (Å²) >= 11 is 0. The van der Waals surface area contributed by atoms with Gasteiger partial charge in [0.15, 0.2) is 0 Å². The minimum atomic E-state index is -3.71. The number of hydrogen-bond donors (Lipinski definition) is 1. The number of aromatic nitrogens is 3. The number of aliphatic carboxylic acids is 1. The maximum atomic E-state index is 12.3. The van der Waals surface area contributed by atoms with E-state index in [-0.39, 0.29) is 19.5 Å². The number of carboxylic acids is 1. The maximum Gasteiger partial charge on any atom is 0.304 e. The summed E-state index contributed by atoms with van der Waals surface area (Å²) < 4.78 is 28.7. The fourth-order valence-electron chi connectivity index (χ4n) is 2.21. The molecule has 0 fully saturated rings.